The van der Waals surface area contributed by atoms with E-state index in [0.29, 0.717) is 17.7 Å². The maximum absolute atomic E-state index is 12.9. The number of amides is 1. The van der Waals surface area contributed by atoms with Crippen molar-refractivity contribution in [2.75, 3.05) is 38.5 Å². The lowest BCUT2D eigenvalue weighted by molar-refractivity contribution is -0.116. The zero-order valence-corrected chi connectivity index (χ0v) is 19.4. The lowest BCUT2D eigenvalue weighted by atomic mass is 10.0. The van der Waals surface area contributed by atoms with E-state index in [1.54, 1.807) is 6.92 Å². The van der Waals surface area contributed by atoms with E-state index in [0.717, 1.165) is 49.4 Å². The lowest BCUT2D eigenvalue weighted by Gasteiger charge is -2.32. The summed E-state index contributed by atoms with van der Waals surface area (Å²) in [6.07, 6.45) is 0.303. The number of piperazine rings is 1. The molecule has 1 amide bonds. The molecule has 33 heavy (non-hydrogen) atoms. The average molecular weight is 442 g/mol. The highest BCUT2D eigenvalue weighted by Crippen LogP contribution is 2.23. The van der Waals surface area contributed by atoms with Crippen LogP contribution in [0.3, 0.4) is 0 Å². The molecule has 1 fully saturated rings. The molecule has 1 aliphatic heterocycles. The smallest absolute Gasteiger partial charge is 0.255 e. The van der Waals surface area contributed by atoms with Crippen molar-refractivity contribution in [3.63, 3.8) is 0 Å². The standard InChI is InChI=1S/C28H31N3O2/c1-21(32)18-25-6-3-4-9-27(25)29-28(33)26-8-5-7-24(19-26)23-12-10-22(11-13-23)20-31-16-14-30(2)15-17-31/h3-13,19H,14-18,20H2,1-2H3,(H,29,33). The number of benzene rings is 3. The van der Waals surface area contributed by atoms with Crippen molar-refractivity contribution in [1.29, 1.82) is 0 Å². The van der Waals surface area contributed by atoms with Crippen LogP contribution in [-0.4, -0.2) is 54.7 Å². The lowest BCUT2D eigenvalue weighted by Crippen LogP contribution is -2.43. The third-order valence-corrected chi connectivity index (χ3v) is 6.12. The Bertz CT molecular complexity index is 1120. The first-order valence-corrected chi connectivity index (χ1v) is 11.5. The summed E-state index contributed by atoms with van der Waals surface area (Å²) in [5.74, 6) is -0.116. The monoisotopic (exact) mass is 441 g/mol. The zero-order valence-electron chi connectivity index (χ0n) is 19.4. The SMILES string of the molecule is CC(=O)Cc1ccccc1NC(=O)c1cccc(-c2ccc(CN3CCN(C)CC3)cc2)c1. The molecule has 4 rings (SSSR count). The number of Topliss-reactive ketones (excluding diaryl/α,β-unsaturated/α-hetero) is 1. The maximum atomic E-state index is 12.9. The first-order chi connectivity index (χ1) is 16.0. The van der Waals surface area contributed by atoms with E-state index in [9.17, 15) is 9.59 Å². The number of anilines is 1. The Kier molecular flexibility index (Phi) is 7.33. The van der Waals surface area contributed by atoms with Crippen LogP contribution in [0.1, 0.15) is 28.4 Å². The van der Waals surface area contributed by atoms with Crippen LogP contribution in [0.25, 0.3) is 11.1 Å². The summed E-state index contributed by atoms with van der Waals surface area (Å²) < 4.78 is 0. The third kappa shape index (κ3) is 6.15. The van der Waals surface area contributed by atoms with E-state index >= 15 is 0 Å². The highest BCUT2D eigenvalue weighted by atomic mass is 16.1. The summed E-state index contributed by atoms with van der Waals surface area (Å²) in [6.45, 7) is 6.96. The second kappa shape index (κ2) is 10.6. The molecule has 0 aromatic heterocycles. The average Bonchev–Trinajstić information content (AvgIpc) is 2.82. The molecule has 1 N–H and O–H groups in total. The van der Waals surface area contributed by atoms with Crippen molar-refractivity contribution in [2.45, 2.75) is 19.9 Å². The zero-order chi connectivity index (χ0) is 23.2. The van der Waals surface area contributed by atoms with Crippen molar-refractivity contribution in [1.82, 2.24) is 9.80 Å². The maximum Gasteiger partial charge on any atom is 0.255 e. The van der Waals surface area contributed by atoms with Gasteiger partial charge in [0.05, 0.1) is 0 Å². The number of para-hydroxylation sites is 1. The first-order valence-electron chi connectivity index (χ1n) is 11.5. The number of likely N-dealkylation sites (N-methyl/N-ethyl adjacent to an activating group) is 1. The van der Waals surface area contributed by atoms with Gasteiger partial charge in [0.25, 0.3) is 5.91 Å². The minimum atomic E-state index is -0.181. The molecule has 1 saturated heterocycles. The fraction of sp³-hybridized carbons (Fsp3) is 0.286. The van der Waals surface area contributed by atoms with Crippen LogP contribution in [0.15, 0.2) is 72.8 Å². The second-order valence-corrected chi connectivity index (χ2v) is 8.85. The van der Waals surface area contributed by atoms with Crippen molar-refractivity contribution in [3.05, 3.63) is 89.5 Å². The van der Waals surface area contributed by atoms with Gasteiger partial charge in [0.15, 0.2) is 0 Å². The number of carbonyl (C=O) groups is 2. The van der Waals surface area contributed by atoms with Crippen LogP contribution in [-0.2, 0) is 17.8 Å². The predicted molar refractivity (Wildman–Crippen MR) is 133 cm³/mol. The molecule has 0 radical (unpaired) electrons. The van der Waals surface area contributed by atoms with E-state index in [-0.39, 0.29) is 11.7 Å². The number of hydrogen-bond donors (Lipinski definition) is 1. The number of rotatable bonds is 7. The Morgan fingerprint density at radius 2 is 1.58 bits per heavy atom. The fourth-order valence-electron chi connectivity index (χ4n) is 4.17. The van der Waals surface area contributed by atoms with Gasteiger partial charge in [-0.1, -0.05) is 54.6 Å². The van der Waals surface area contributed by atoms with E-state index in [1.807, 2.05) is 48.5 Å². The van der Waals surface area contributed by atoms with Gasteiger partial charge >= 0.3 is 0 Å². The molecule has 0 spiro atoms. The van der Waals surface area contributed by atoms with E-state index in [2.05, 4.69) is 46.4 Å². The minimum Gasteiger partial charge on any atom is -0.322 e. The van der Waals surface area contributed by atoms with Crippen LogP contribution in [0.2, 0.25) is 0 Å². The Hall–Kier alpha value is -3.28. The third-order valence-electron chi connectivity index (χ3n) is 6.12. The molecule has 0 unspecified atom stereocenters. The van der Waals surface area contributed by atoms with Crippen molar-refractivity contribution in [2.24, 2.45) is 0 Å². The number of nitrogens with one attached hydrogen (secondary N) is 1. The number of nitrogens with zero attached hydrogens (tertiary/aromatic N) is 2. The first kappa shape index (κ1) is 22.9. The highest BCUT2D eigenvalue weighted by Gasteiger charge is 2.14. The normalized spacial score (nSPS) is 14.7. The van der Waals surface area contributed by atoms with Crippen LogP contribution < -0.4 is 5.32 Å². The summed E-state index contributed by atoms with van der Waals surface area (Å²) >= 11 is 0. The number of ketones is 1. The van der Waals surface area contributed by atoms with Crippen LogP contribution in [0, 0.1) is 0 Å². The molecule has 0 bridgehead atoms. The van der Waals surface area contributed by atoms with Crippen LogP contribution >= 0.6 is 0 Å². The van der Waals surface area contributed by atoms with Gasteiger partial charge in [0.2, 0.25) is 0 Å². The Labute approximate surface area is 196 Å². The molecule has 3 aromatic rings. The second-order valence-electron chi connectivity index (χ2n) is 8.85. The Morgan fingerprint density at radius 3 is 2.30 bits per heavy atom. The Morgan fingerprint density at radius 1 is 0.848 bits per heavy atom. The van der Waals surface area contributed by atoms with Gasteiger partial charge in [-0.2, -0.15) is 0 Å². The van der Waals surface area contributed by atoms with Crippen molar-refractivity contribution < 1.29 is 9.59 Å². The molecular formula is C28H31N3O2. The van der Waals surface area contributed by atoms with Gasteiger partial charge in [-0.25, -0.2) is 0 Å². The molecule has 1 heterocycles. The predicted octanol–water partition coefficient (Wildman–Crippen LogP) is 4.48. The number of carbonyl (C=O) groups excluding carboxylic acids is 2. The van der Waals surface area contributed by atoms with Gasteiger partial charge in [0, 0.05) is 50.4 Å². The summed E-state index contributed by atoms with van der Waals surface area (Å²) in [5, 5.41) is 2.97. The van der Waals surface area contributed by atoms with Crippen molar-refractivity contribution in [3.8, 4) is 11.1 Å². The van der Waals surface area contributed by atoms with Gasteiger partial charge in [-0.15, -0.1) is 0 Å². The largest absolute Gasteiger partial charge is 0.322 e. The summed E-state index contributed by atoms with van der Waals surface area (Å²) in [5.41, 5.74) is 5.49. The van der Waals surface area contributed by atoms with Gasteiger partial charge in [-0.05, 0) is 54.4 Å². The van der Waals surface area contributed by atoms with E-state index in [1.165, 1.54) is 5.56 Å². The highest BCUT2D eigenvalue weighted by molar-refractivity contribution is 6.05. The fourth-order valence-corrected chi connectivity index (χ4v) is 4.17. The topological polar surface area (TPSA) is 52.7 Å². The molecule has 1 aliphatic rings. The number of hydrogen-bond acceptors (Lipinski definition) is 4. The van der Waals surface area contributed by atoms with E-state index < -0.39 is 0 Å². The van der Waals surface area contributed by atoms with Gasteiger partial charge in [0.1, 0.15) is 5.78 Å². The molecule has 0 atom stereocenters. The molecular weight excluding hydrogens is 410 g/mol. The van der Waals surface area contributed by atoms with Gasteiger partial charge in [-0.3, -0.25) is 14.5 Å². The molecule has 5 heteroatoms. The quantitative estimate of drug-likeness (QED) is 0.587. The molecule has 0 aliphatic carbocycles. The van der Waals surface area contributed by atoms with Gasteiger partial charge < -0.3 is 10.2 Å². The van der Waals surface area contributed by atoms with Crippen molar-refractivity contribution >= 4 is 17.4 Å². The summed E-state index contributed by atoms with van der Waals surface area (Å²) in [6, 6.07) is 23.7. The Balaban J connectivity index is 1.44. The molecule has 3 aromatic carbocycles. The van der Waals surface area contributed by atoms with Crippen LogP contribution in [0.5, 0.6) is 0 Å². The molecule has 170 valence electrons. The summed E-state index contributed by atoms with van der Waals surface area (Å²) in [4.78, 5) is 29.3. The van der Waals surface area contributed by atoms with Crippen LogP contribution in [0.4, 0.5) is 5.69 Å². The summed E-state index contributed by atoms with van der Waals surface area (Å²) in [7, 11) is 2.17. The minimum absolute atomic E-state index is 0.0646. The van der Waals surface area contributed by atoms with E-state index in [4.69, 9.17) is 0 Å². The molecule has 0 saturated carbocycles. The molecule has 5 nitrogen and oxygen atoms in total.